The summed E-state index contributed by atoms with van der Waals surface area (Å²) >= 11 is 2.09. The van der Waals surface area contributed by atoms with Crippen molar-refractivity contribution in [2.75, 3.05) is 27.3 Å². The van der Waals surface area contributed by atoms with Crippen LogP contribution in [0.5, 0.6) is 0 Å². The Kier molecular flexibility index (Phi) is 17.8. The van der Waals surface area contributed by atoms with Crippen LogP contribution in [0.25, 0.3) is 6.08 Å². The normalized spacial score (nSPS) is 25.1. The topological polar surface area (TPSA) is 244 Å². The van der Waals surface area contributed by atoms with Crippen LogP contribution in [0, 0.1) is 15.4 Å². The SMILES string of the molecule is C=CC(=O)N[C@H](C(=O)N1C[C@H](NS(=O)(=O)c2ccc(I)cc2)C[C@H]1C(=O)OC)C1CCCCC1.COC(=O)C1C[C@@H]2CN1C(=O)C(C1CCCCC1)NC(=O)C=Cc1ccc(cc1)S(=O)(=O)N2. The van der Waals surface area contributed by atoms with Crippen LogP contribution in [0.3, 0.4) is 0 Å². The highest BCUT2D eigenvalue weighted by Crippen LogP contribution is 2.32. The average Bonchev–Trinajstić information content (AvgIpc) is 3.95. The number of sulfonamides is 2. The molecule has 18 nitrogen and oxygen atoms in total. The van der Waals surface area contributed by atoms with Crippen LogP contribution in [-0.2, 0) is 58.3 Å². The van der Waals surface area contributed by atoms with Gasteiger partial charge in [0.05, 0.1) is 24.0 Å². The van der Waals surface area contributed by atoms with E-state index in [-0.39, 0.29) is 53.5 Å². The molecule has 2 unspecified atom stereocenters. The predicted molar refractivity (Wildman–Crippen MR) is 254 cm³/mol. The van der Waals surface area contributed by atoms with E-state index in [0.717, 1.165) is 73.9 Å². The van der Waals surface area contributed by atoms with Crippen molar-refractivity contribution in [3.05, 3.63) is 76.4 Å². The molecule has 21 heteroatoms. The first-order valence-electron chi connectivity index (χ1n) is 22.5. The fourth-order valence-electron chi connectivity index (χ4n) is 9.64. The number of carbonyl (C=O) groups excluding carboxylic acids is 6. The molecule has 4 N–H and O–H groups in total. The van der Waals surface area contributed by atoms with Gasteiger partial charge in [0, 0.05) is 34.8 Å². The minimum Gasteiger partial charge on any atom is -0.467 e. The zero-order valence-corrected chi connectivity index (χ0v) is 41.4. The van der Waals surface area contributed by atoms with E-state index in [1.165, 1.54) is 54.4 Å². The Bertz CT molecular complexity index is 2410. The largest absolute Gasteiger partial charge is 0.467 e. The van der Waals surface area contributed by atoms with Gasteiger partial charge in [0.1, 0.15) is 24.2 Å². The second kappa shape index (κ2) is 23.1. The highest BCUT2D eigenvalue weighted by atomic mass is 127. The number of rotatable bonds is 10. The molecule has 2 aromatic rings. The number of nitrogens with zero attached hydrogens (tertiary/aromatic N) is 2. The number of benzene rings is 2. The summed E-state index contributed by atoms with van der Waals surface area (Å²) in [5.41, 5.74) is 0.663. The van der Waals surface area contributed by atoms with Gasteiger partial charge < -0.3 is 29.9 Å². The van der Waals surface area contributed by atoms with Crippen molar-refractivity contribution in [1.29, 1.82) is 0 Å². The number of nitrogens with one attached hydrogen (secondary N) is 4. The zero-order chi connectivity index (χ0) is 48.5. The average molecular weight is 1080 g/mol. The van der Waals surface area contributed by atoms with E-state index in [1.54, 1.807) is 30.3 Å². The van der Waals surface area contributed by atoms with Gasteiger partial charge >= 0.3 is 11.9 Å². The van der Waals surface area contributed by atoms with Gasteiger partial charge in [-0.25, -0.2) is 35.9 Å². The number of methoxy groups -OCH3 is 2. The van der Waals surface area contributed by atoms with Crippen LogP contribution in [-0.4, -0.2) is 126 Å². The summed E-state index contributed by atoms with van der Waals surface area (Å²) in [5.74, 6) is -3.00. The van der Waals surface area contributed by atoms with Gasteiger partial charge in [0.25, 0.3) is 0 Å². The minimum atomic E-state index is -3.86. The van der Waals surface area contributed by atoms with Gasteiger partial charge in [-0.05, 0) is 127 Å². The lowest BCUT2D eigenvalue weighted by atomic mass is 9.83. The van der Waals surface area contributed by atoms with Gasteiger partial charge in [-0.3, -0.25) is 19.2 Å². The molecule has 2 aromatic carbocycles. The molecule has 0 radical (unpaired) electrons. The Morgan fingerprint density at radius 1 is 0.836 bits per heavy atom. The van der Waals surface area contributed by atoms with E-state index < -0.39 is 86.0 Å². The van der Waals surface area contributed by atoms with Crippen LogP contribution in [0.1, 0.15) is 82.6 Å². The molecule has 8 rings (SSSR count). The number of amides is 4. The van der Waals surface area contributed by atoms with Crippen molar-refractivity contribution < 1.29 is 55.1 Å². The number of esters is 2. The minimum absolute atomic E-state index is 0.00459. The molecule has 4 heterocycles. The van der Waals surface area contributed by atoms with Crippen LogP contribution in [0.2, 0.25) is 0 Å². The molecule has 364 valence electrons. The first-order chi connectivity index (χ1) is 31.9. The lowest BCUT2D eigenvalue weighted by Gasteiger charge is -2.34. The summed E-state index contributed by atoms with van der Waals surface area (Å²) in [4.78, 5) is 80.1. The van der Waals surface area contributed by atoms with Crippen LogP contribution in [0.4, 0.5) is 0 Å². The highest BCUT2D eigenvalue weighted by Gasteiger charge is 2.47. The predicted octanol–water partition coefficient (Wildman–Crippen LogP) is 3.16. The Morgan fingerprint density at radius 3 is 2.06 bits per heavy atom. The molecule has 6 aliphatic rings. The fraction of sp³-hybridized carbons (Fsp3) is 0.522. The zero-order valence-electron chi connectivity index (χ0n) is 37.6. The molecule has 4 fully saturated rings. The molecule has 6 atom stereocenters. The number of ether oxygens (including phenoxy) is 2. The number of halogens is 1. The fourth-order valence-corrected chi connectivity index (χ4v) is 12.5. The Labute approximate surface area is 405 Å². The molecular formula is C46H59IN6O12S2. The third-order valence-corrected chi connectivity index (χ3v) is 16.8. The van der Waals surface area contributed by atoms with Crippen LogP contribution < -0.4 is 20.1 Å². The lowest BCUT2D eigenvalue weighted by Crippen LogP contribution is -2.55. The molecule has 2 aliphatic carbocycles. The van der Waals surface area contributed by atoms with Crippen molar-refractivity contribution in [1.82, 2.24) is 29.9 Å². The number of carbonyl (C=O) groups is 6. The van der Waals surface area contributed by atoms with Crippen molar-refractivity contribution in [2.24, 2.45) is 11.8 Å². The summed E-state index contributed by atoms with van der Waals surface area (Å²) in [5, 5.41) is 5.61. The van der Waals surface area contributed by atoms with Crippen molar-refractivity contribution in [3.63, 3.8) is 0 Å². The van der Waals surface area contributed by atoms with E-state index >= 15 is 0 Å². The van der Waals surface area contributed by atoms with E-state index in [1.807, 2.05) is 0 Å². The number of hydrogen-bond donors (Lipinski definition) is 4. The summed E-state index contributed by atoms with van der Waals surface area (Å²) in [6, 6.07) is 7.70. The second-order valence-corrected chi connectivity index (χ2v) is 22.2. The number of fused-ring (bicyclic) bond motifs is 7. The highest BCUT2D eigenvalue weighted by molar-refractivity contribution is 14.1. The molecular weight excluding hydrogens is 1020 g/mol. The van der Waals surface area contributed by atoms with Crippen LogP contribution in [0.15, 0.2) is 77.1 Å². The lowest BCUT2D eigenvalue weighted by molar-refractivity contribution is -0.152. The number of hydrogen-bond acceptors (Lipinski definition) is 12. The Hall–Kier alpha value is -4.71. The van der Waals surface area contributed by atoms with E-state index in [0.29, 0.717) is 5.56 Å². The monoisotopic (exact) mass is 1080 g/mol. The van der Waals surface area contributed by atoms with Gasteiger partial charge in [-0.2, -0.15) is 0 Å². The van der Waals surface area contributed by atoms with Crippen molar-refractivity contribution in [3.8, 4) is 0 Å². The molecule has 4 bridgehead atoms. The first kappa shape index (κ1) is 51.7. The standard InChI is InChI=1S/C23H30IN3O6S.C23H29N3O6S/c1-3-20(28)25-21(15-7-5-4-6-8-15)22(29)27-14-17(13-19(27)23(30)33-2)26-34(31,32)18-11-9-16(24)10-12-18;1-32-23(29)19-13-17-14-26(19)22(28)21(16-5-3-2-4-6-16)24-20(27)12-9-15-7-10-18(11-8-15)33(30,31)25-17/h3,9-12,15,17,19,21,26H,1,4-8,13-14H2,2H3,(H,25,28);7-12,16-17,19,21,25H,2-6,13-14H2,1H3,(H,24,27)/t17-,19+,21+;17-,19?,21?/m11/s1. The van der Waals surface area contributed by atoms with E-state index in [4.69, 9.17) is 9.47 Å². The maximum atomic E-state index is 13.7. The van der Waals surface area contributed by atoms with Crippen molar-refractivity contribution >= 4 is 84.3 Å². The third-order valence-electron chi connectivity index (χ3n) is 13.1. The Morgan fingerprint density at radius 2 is 1.45 bits per heavy atom. The molecule has 67 heavy (non-hydrogen) atoms. The van der Waals surface area contributed by atoms with E-state index in [9.17, 15) is 45.6 Å². The quantitative estimate of drug-likeness (QED) is 0.152. The molecule has 4 aliphatic heterocycles. The number of likely N-dealkylation sites (tertiary alicyclic amines) is 1. The third kappa shape index (κ3) is 13.1. The van der Waals surface area contributed by atoms with Gasteiger partial charge in [-0.15, -0.1) is 0 Å². The maximum absolute atomic E-state index is 13.7. The molecule has 0 spiro atoms. The molecule has 4 amide bonds. The van der Waals surface area contributed by atoms with Gasteiger partial charge in [0.15, 0.2) is 0 Å². The van der Waals surface area contributed by atoms with Gasteiger partial charge in [-0.1, -0.05) is 57.2 Å². The summed E-state index contributed by atoms with van der Waals surface area (Å²) in [7, 11) is -5.25. The van der Waals surface area contributed by atoms with E-state index in [2.05, 4.69) is 49.2 Å². The van der Waals surface area contributed by atoms with Crippen molar-refractivity contribution in [2.45, 2.75) is 123 Å². The second-order valence-electron chi connectivity index (χ2n) is 17.5. The maximum Gasteiger partial charge on any atom is 0.328 e. The summed E-state index contributed by atoms with van der Waals surface area (Å²) in [6.07, 6.45) is 13.4. The first-order valence-corrected chi connectivity index (χ1v) is 26.6. The smallest absolute Gasteiger partial charge is 0.328 e. The Balaban J connectivity index is 0.000000221. The summed E-state index contributed by atoms with van der Waals surface area (Å²) in [6.45, 7) is 3.48. The molecule has 2 saturated heterocycles. The molecule has 0 aromatic heterocycles. The van der Waals surface area contributed by atoms with Gasteiger partial charge in [0.2, 0.25) is 43.7 Å². The molecule has 2 saturated carbocycles. The van der Waals surface area contributed by atoms with Crippen LogP contribution >= 0.6 is 22.6 Å². The summed E-state index contributed by atoms with van der Waals surface area (Å²) < 4.78 is 67.5.